The molecule has 1 aliphatic carbocycles. The Morgan fingerprint density at radius 1 is 0.414 bits per heavy atom. The van der Waals surface area contributed by atoms with Crippen LogP contribution < -0.4 is 4.90 Å². The molecule has 272 valence electrons. The molecule has 0 saturated heterocycles. The van der Waals surface area contributed by atoms with Gasteiger partial charge in [-0.1, -0.05) is 164 Å². The van der Waals surface area contributed by atoms with Crippen LogP contribution >= 0.6 is 11.3 Å². The predicted octanol–water partition coefficient (Wildman–Crippen LogP) is 15.5. The van der Waals surface area contributed by atoms with Crippen LogP contribution in [0, 0.1) is 0 Å². The summed E-state index contributed by atoms with van der Waals surface area (Å²) in [5.41, 5.74) is 14.5. The Labute approximate surface area is 340 Å². The molecular weight excluding hydrogens is 723 g/mol. The average molecular weight is 758 g/mol. The second-order valence-corrected chi connectivity index (χ2v) is 16.2. The number of rotatable bonds is 6. The van der Waals surface area contributed by atoms with Gasteiger partial charge in [0.25, 0.3) is 0 Å². The Morgan fingerprint density at radius 2 is 1.05 bits per heavy atom. The zero-order valence-corrected chi connectivity index (χ0v) is 32.3. The van der Waals surface area contributed by atoms with Crippen molar-refractivity contribution in [1.82, 2.24) is 0 Å². The molecule has 9 aromatic carbocycles. The first kappa shape index (κ1) is 33.0. The van der Waals surface area contributed by atoms with Gasteiger partial charge < -0.3 is 9.32 Å². The molecule has 3 heteroatoms. The molecule has 0 spiro atoms. The minimum atomic E-state index is -0.520. The number of benzene rings is 9. The van der Waals surface area contributed by atoms with Gasteiger partial charge in [-0.15, -0.1) is 11.3 Å². The summed E-state index contributed by atoms with van der Waals surface area (Å²) in [6.07, 6.45) is 0. The van der Waals surface area contributed by atoms with Crippen molar-refractivity contribution in [2.75, 3.05) is 4.90 Å². The van der Waals surface area contributed by atoms with Crippen molar-refractivity contribution in [3.63, 3.8) is 0 Å². The first-order chi connectivity index (χ1) is 28.8. The van der Waals surface area contributed by atoms with E-state index in [0.29, 0.717) is 0 Å². The molecule has 0 atom stereocenters. The van der Waals surface area contributed by atoms with Crippen molar-refractivity contribution in [3.8, 4) is 22.3 Å². The van der Waals surface area contributed by atoms with Gasteiger partial charge in [-0.2, -0.15) is 0 Å². The number of anilines is 3. The largest absolute Gasteiger partial charge is 0.456 e. The third kappa shape index (κ3) is 4.78. The van der Waals surface area contributed by atoms with Crippen LogP contribution in [-0.4, -0.2) is 0 Å². The predicted molar refractivity (Wildman–Crippen MR) is 244 cm³/mol. The second-order valence-electron chi connectivity index (χ2n) is 15.2. The Hall–Kier alpha value is -7.20. The second kappa shape index (κ2) is 12.9. The van der Waals surface area contributed by atoms with E-state index in [1.54, 1.807) is 0 Å². The lowest BCUT2D eigenvalue weighted by Crippen LogP contribution is -2.28. The summed E-state index contributed by atoms with van der Waals surface area (Å²) in [6.45, 7) is 0. The zero-order chi connectivity index (χ0) is 38.2. The lowest BCUT2D eigenvalue weighted by Gasteiger charge is -2.34. The summed E-state index contributed by atoms with van der Waals surface area (Å²) in [5.74, 6) is 0. The number of furan rings is 1. The van der Waals surface area contributed by atoms with Crippen LogP contribution in [0.2, 0.25) is 0 Å². The summed E-state index contributed by atoms with van der Waals surface area (Å²) >= 11 is 1.86. The number of nitrogens with zero attached hydrogens (tertiary/aromatic N) is 1. The fourth-order valence-corrected chi connectivity index (χ4v) is 10.9. The van der Waals surface area contributed by atoms with E-state index in [9.17, 15) is 0 Å². The van der Waals surface area contributed by atoms with E-state index in [4.69, 9.17) is 4.42 Å². The minimum absolute atomic E-state index is 0.520. The van der Waals surface area contributed by atoms with Gasteiger partial charge in [0.05, 0.1) is 26.9 Å². The molecule has 2 nitrogen and oxygen atoms in total. The standard InChI is InChI=1S/C55H35NOS/c1-3-16-36(17-4-1)37-18-13-21-40(34-37)56(49-29-14-25-44-43-24-9-12-31-52(43)58-54(44)49)48-28-15-30-51-53(48)45-35-39(32-33-50(45)57-51)55(38-19-5-2-6-20-38)46-26-10-7-22-41(46)42-23-8-11-27-47(42)55/h1-35H. The third-order valence-electron chi connectivity index (χ3n) is 12.1. The van der Waals surface area contributed by atoms with Gasteiger partial charge in [-0.25, -0.2) is 0 Å². The van der Waals surface area contributed by atoms with Crippen molar-refractivity contribution >= 4 is 70.5 Å². The Balaban J connectivity index is 1.16. The van der Waals surface area contributed by atoms with E-state index in [-0.39, 0.29) is 0 Å². The third-order valence-corrected chi connectivity index (χ3v) is 13.4. The highest BCUT2D eigenvalue weighted by Crippen LogP contribution is 2.57. The van der Waals surface area contributed by atoms with Gasteiger partial charge >= 0.3 is 0 Å². The average Bonchev–Trinajstić information content (AvgIpc) is 3.96. The van der Waals surface area contributed by atoms with Crippen LogP contribution in [0.1, 0.15) is 22.3 Å². The van der Waals surface area contributed by atoms with Gasteiger partial charge in [-0.05, 0) is 93.0 Å². The number of hydrogen-bond donors (Lipinski definition) is 0. The molecule has 0 N–H and O–H groups in total. The lowest BCUT2D eigenvalue weighted by molar-refractivity contribution is 0.668. The van der Waals surface area contributed by atoms with Crippen molar-refractivity contribution < 1.29 is 4.42 Å². The summed E-state index contributed by atoms with van der Waals surface area (Å²) < 4.78 is 9.35. The lowest BCUT2D eigenvalue weighted by atomic mass is 9.67. The molecule has 2 heterocycles. The van der Waals surface area contributed by atoms with Gasteiger partial charge in [0.1, 0.15) is 11.2 Å². The number of thiophene rings is 1. The van der Waals surface area contributed by atoms with Crippen molar-refractivity contribution in [2.24, 2.45) is 0 Å². The molecule has 11 aromatic rings. The van der Waals surface area contributed by atoms with Crippen molar-refractivity contribution in [3.05, 3.63) is 235 Å². The summed E-state index contributed by atoms with van der Waals surface area (Å²) in [5, 5.41) is 4.72. The molecule has 12 rings (SSSR count). The van der Waals surface area contributed by atoms with E-state index in [0.717, 1.165) is 39.0 Å². The van der Waals surface area contributed by atoms with E-state index in [1.807, 2.05) is 11.3 Å². The normalized spacial score (nSPS) is 13.0. The van der Waals surface area contributed by atoms with E-state index >= 15 is 0 Å². The minimum Gasteiger partial charge on any atom is -0.456 e. The molecule has 0 amide bonds. The maximum Gasteiger partial charge on any atom is 0.137 e. The summed E-state index contributed by atoms with van der Waals surface area (Å²) in [4.78, 5) is 2.46. The molecule has 58 heavy (non-hydrogen) atoms. The first-order valence-corrected chi connectivity index (χ1v) is 20.7. The van der Waals surface area contributed by atoms with Crippen molar-refractivity contribution in [2.45, 2.75) is 5.41 Å². The Morgan fingerprint density at radius 3 is 1.86 bits per heavy atom. The van der Waals surface area contributed by atoms with Gasteiger partial charge in [0, 0.05) is 26.5 Å². The molecule has 0 unspecified atom stereocenters. The van der Waals surface area contributed by atoms with Crippen LogP contribution in [0.4, 0.5) is 17.1 Å². The van der Waals surface area contributed by atoms with Crippen LogP contribution in [0.15, 0.2) is 217 Å². The van der Waals surface area contributed by atoms with E-state index in [1.165, 1.54) is 64.7 Å². The highest BCUT2D eigenvalue weighted by molar-refractivity contribution is 7.26. The molecule has 1 aliphatic rings. The highest BCUT2D eigenvalue weighted by Gasteiger charge is 2.46. The summed E-state index contributed by atoms with van der Waals surface area (Å²) in [7, 11) is 0. The van der Waals surface area contributed by atoms with Gasteiger partial charge in [0.2, 0.25) is 0 Å². The fourth-order valence-electron chi connectivity index (χ4n) is 9.71. The summed E-state index contributed by atoms with van der Waals surface area (Å²) in [6, 6.07) is 77.4. The molecule has 0 fully saturated rings. The molecule has 0 bridgehead atoms. The smallest absolute Gasteiger partial charge is 0.137 e. The van der Waals surface area contributed by atoms with Gasteiger partial charge in [0.15, 0.2) is 0 Å². The maximum atomic E-state index is 6.81. The monoisotopic (exact) mass is 757 g/mol. The maximum absolute atomic E-state index is 6.81. The Kier molecular flexibility index (Phi) is 7.35. The molecule has 0 saturated carbocycles. The number of fused-ring (bicyclic) bond motifs is 9. The SMILES string of the molecule is c1ccc(-c2cccc(N(c3cccc4c3sc3ccccc34)c3cccc4oc5ccc(C6(c7ccccc7)c7ccccc7-c7ccccc76)cc5c34)c2)cc1. The van der Waals surface area contributed by atoms with Crippen LogP contribution in [-0.2, 0) is 5.41 Å². The molecule has 2 aromatic heterocycles. The molecule has 0 radical (unpaired) electrons. The topological polar surface area (TPSA) is 16.4 Å². The van der Waals surface area contributed by atoms with Crippen LogP contribution in [0.5, 0.6) is 0 Å². The Bertz CT molecular complexity index is 3310. The zero-order valence-electron chi connectivity index (χ0n) is 31.5. The molecular formula is C55H35NOS. The van der Waals surface area contributed by atoms with Crippen LogP contribution in [0.3, 0.4) is 0 Å². The van der Waals surface area contributed by atoms with E-state index in [2.05, 4.69) is 217 Å². The quantitative estimate of drug-likeness (QED) is 0.168. The van der Waals surface area contributed by atoms with Crippen LogP contribution in [0.25, 0.3) is 64.4 Å². The van der Waals surface area contributed by atoms with Gasteiger partial charge in [-0.3, -0.25) is 0 Å². The molecule has 0 aliphatic heterocycles. The number of hydrogen-bond acceptors (Lipinski definition) is 3. The fraction of sp³-hybridized carbons (Fsp3) is 0.0182. The van der Waals surface area contributed by atoms with Crippen molar-refractivity contribution in [1.29, 1.82) is 0 Å². The first-order valence-electron chi connectivity index (χ1n) is 19.8. The highest BCUT2D eigenvalue weighted by atomic mass is 32.1. The van der Waals surface area contributed by atoms with E-state index < -0.39 is 5.41 Å².